The van der Waals surface area contributed by atoms with Gasteiger partial charge in [-0.1, -0.05) is 28.9 Å². The molecule has 0 radical (unpaired) electrons. The van der Waals surface area contributed by atoms with E-state index in [-0.39, 0.29) is 0 Å². The Morgan fingerprint density at radius 1 is 1.00 bits per heavy atom. The molecule has 2 aliphatic heterocycles. The highest BCUT2D eigenvalue weighted by Gasteiger charge is 2.40. The Morgan fingerprint density at radius 3 is 2.46 bits per heavy atom. The molecule has 1 spiro atoms. The van der Waals surface area contributed by atoms with Gasteiger partial charge in [-0.3, -0.25) is 0 Å². The number of nitrogens with zero attached hydrogens (tertiary/aromatic N) is 4. The Labute approximate surface area is 154 Å². The van der Waals surface area contributed by atoms with E-state index < -0.39 is 5.79 Å². The van der Waals surface area contributed by atoms with Crippen molar-refractivity contribution in [1.82, 2.24) is 15.1 Å². The van der Waals surface area contributed by atoms with Crippen LogP contribution in [0, 0.1) is 0 Å². The Hall–Kier alpha value is -2.22. The van der Waals surface area contributed by atoms with Gasteiger partial charge in [0.05, 0.1) is 13.2 Å². The first kappa shape index (κ1) is 16.0. The van der Waals surface area contributed by atoms with Crippen molar-refractivity contribution in [3.05, 3.63) is 35.6 Å². The van der Waals surface area contributed by atoms with E-state index in [0.717, 1.165) is 48.4 Å². The second-order valence-electron chi connectivity index (χ2n) is 6.51. The van der Waals surface area contributed by atoms with Gasteiger partial charge in [0.15, 0.2) is 5.79 Å². The summed E-state index contributed by atoms with van der Waals surface area (Å²) >= 11 is 6.00. The van der Waals surface area contributed by atoms with Crippen molar-refractivity contribution < 1.29 is 14.0 Å². The van der Waals surface area contributed by atoms with Gasteiger partial charge in [-0.25, -0.2) is 4.98 Å². The van der Waals surface area contributed by atoms with Crippen molar-refractivity contribution in [1.29, 1.82) is 0 Å². The number of piperidine rings is 1. The number of hydrogen-bond acceptors (Lipinski definition) is 7. The molecule has 3 aromatic rings. The summed E-state index contributed by atoms with van der Waals surface area (Å²) in [5.74, 6) is 0.407. The number of rotatable bonds is 2. The molecule has 2 aromatic heterocycles. The van der Waals surface area contributed by atoms with Crippen LogP contribution >= 0.6 is 11.6 Å². The molecule has 0 saturated carbocycles. The van der Waals surface area contributed by atoms with Crippen LogP contribution in [0.15, 0.2) is 35.1 Å². The Bertz CT molecular complexity index is 927. The number of hydrogen-bond donors (Lipinski definition) is 0. The van der Waals surface area contributed by atoms with Gasteiger partial charge in [-0.15, -0.1) is 0 Å². The zero-order valence-corrected chi connectivity index (χ0v) is 14.8. The lowest BCUT2D eigenvalue weighted by molar-refractivity contribution is -0.169. The fourth-order valence-corrected chi connectivity index (χ4v) is 3.79. The van der Waals surface area contributed by atoms with Crippen molar-refractivity contribution in [2.75, 3.05) is 31.2 Å². The fraction of sp³-hybridized carbons (Fsp3) is 0.389. The topological polar surface area (TPSA) is 73.5 Å². The maximum Gasteiger partial charge on any atom is 0.263 e. The van der Waals surface area contributed by atoms with E-state index in [2.05, 4.69) is 20.0 Å². The van der Waals surface area contributed by atoms with Gasteiger partial charge in [0.2, 0.25) is 0 Å². The molecule has 0 aliphatic carbocycles. The van der Waals surface area contributed by atoms with Crippen LogP contribution < -0.4 is 4.90 Å². The van der Waals surface area contributed by atoms with Gasteiger partial charge in [0.1, 0.15) is 23.2 Å². The second kappa shape index (κ2) is 6.19. The highest BCUT2D eigenvalue weighted by atomic mass is 35.5. The quantitative estimate of drug-likeness (QED) is 0.683. The predicted molar refractivity (Wildman–Crippen MR) is 96.1 cm³/mol. The van der Waals surface area contributed by atoms with Gasteiger partial charge >= 0.3 is 0 Å². The highest BCUT2D eigenvalue weighted by Crippen LogP contribution is 2.37. The van der Waals surface area contributed by atoms with Gasteiger partial charge in [-0.05, 0) is 12.1 Å². The van der Waals surface area contributed by atoms with E-state index in [4.69, 9.17) is 25.6 Å². The normalized spacial score (nSPS) is 19.5. The maximum absolute atomic E-state index is 6.00. The zero-order valence-electron chi connectivity index (χ0n) is 14.0. The third-order valence-electron chi connectivity index (χ3n) is 5.01. The van der Waals surface area contributed by atoms with Crippen molar-refractivity contribution in [3.8, 4) is 11.3 Å². The first-order valence-corrected chi connectivity index (χ1v) is 9.01. The smallest absolute Gasteiger partial charge is 0.263 e. The summed E-state index contributed by atoms with van der Waals surface area (Å²) in [6.07, 6.45) is 3.13. The summed E-state index contributed by atoms with van der Waals surface area (Å²) in [7, 11) is 0. The monoisotopic (exact) mass is 372 g/mol. The Kier molecular flexibility index (Phi) is 3.81. The summed E-state index contributed by atoms with van der Waals surface area (Å²) in [6, 6.07) is 7.50. The van der Waals surface area contributed by atoms with Crippen molar-refractivity contribution in [2.24, 2.45) is 0 Å². The lowest BCUT2D eigenvalue weighted by Crippen LogP contribution is -2.45. The molecule has 0 unspecified atom stereocenters. The van der Waals surface area contributed by atoms with Crippen LogP contribution in [0.5, 0.6) is 0 Å². The van der Waals surface area contributed by atoms with E-state index in [9.17, 15) is 0 Å². The molecule has 134 valence electrons. The Morgan fingerprint density at radius 2 is 1.73 bits per heavy atom. The third kappa shape index (κ3) is 2.63. The number of anilines is 1. The standard InChI is InChI=1S/C18H17ClN4O3/c19-13-3-1-12(2-4-13)15-14-16(20-11-21-17(14)26-22-15)23-7-5-18(6-8-23)24-9-10-25-18/h1-4,11H,5-10H2. The van der Waals surface area contributed by atoms with Crippen LogP contribution in [0.2, 0.25) is 5.02 Å². The van der Waals surface area contributed by atoms with Gasteiger partial charge < -0.3 is 18.9 Å². The van der Waals surface area contributed by atoms with Crippen LogP contribution in [0.3, 0.4) is 0 Å². The molecule has 8 heteroatoms. The van der Waals surface area contributed by atoms with Crippen LogP contribution in [-0.4, -0.2) is 47.2 Å². The highest BCUT2D eigenvalue weighted by molar-refractivity contribution is 6.30. The number of aromatic nitrogens is 3. The average Bonchev–Trinajstić information content (AvgIpc) is 3.30. The number of benzene rings is 1. The third-order valence-corrected chi connectivity index (χ3v) is 5.26. The molecule has 0 N–H and O–H groups in total. The summed E-state index contributed by atoms with van der Waals surface area (Å²) in [4.78, 5) is 11.0. The minimum Gasteiger partial charge on any atom is -0.355 e. The molecule has 1 aromatic carbocycles. The molecule has 26 heavy (non-hydrogen) atoms. The van der Waals surface area contributed by atoms with Crippen LogP contribution in [0.25, 0.3) is 22.4 Å². The minimum atomic E-state index is -0.420. The number of fused-ring (bicyclic) bond motifs is 1. The van der Waals surface area contributed by atoms with Crippen LogP contribution in [0.4, 0.5) is 5.82 Å². The second-order valence-corrected chi connectivity index (χ2v) is 6.95. The molecule has 5 rings (SSSR count). The molecule has 2 fully saturated rings. The maximum atomic E-state index is 6.00. The average molecular weight is 373 g/mol. The fourth-order valence-electron chi connectivity index (χ4n) is 3.66. The van der Waals surface area contributed by atoms with Gasteiger partial charge in [0, 0.05) is 36.5 Å². The predicted octanol–water partition coefficient (Wildman–Crippen LogP) is 3.28. The molecule has 2 saturated heterocycles. The molecular formula is C18H17ClN4O3. The molecule has 7 nitrogen and oxygen atoms in total. The molecule has 2 aliphatic rings. The number of halogens is 1. The van der Waals surface area contributed by atoms with E-state index in [1.807, 2.05) is 24.3 Å². The van der Waals surface area contributed by atoms with Crippen molar-refractivity contribution >= 4 is 28.5 Å². The summed E-state index contributed by atoms with van der Waals surface area (Å²) in [5, 5.41) is 5.72. The SMILES string of the molecule is Clc1ccc(-c2noc3ncnc(N4CCC5(CC4)OCCO5)c23)cc1. The zero-order chi connectivity index (χ0) is 17.6. The van der Waals surface area contributed by atoms with Crippen LogP contribution in [0.1, 0.15) is 12.8 Å². The van der Waals surface area contributed by atoms with Crippen molar-refractivity contribution in [2.45, 2.75) is 18.6 Å². The summed E-state index contributed by atoms with van der Waals surface area (Å²) in [6.45, 7) is 2.92. The number of ether oxygens (including phenoxy) is 2. The Balaban J connectivity index is 1.52. The minimum absolute atomic E-state index is 0.420. The van der Waals surface area contributed by atoms with E-state index in [0.29, 0.717) is 23.9 Å². The molecule has 0 atom stereocenters. The van der Waals surface area contributed by atoms with Crippen molar-refractivity contribution in [3.63, 3.8) is 0 Å². The van der Waals surface area contributed by atoms with E-state index in [1.165, 1.54) is 6.33 Å². The van der Waals surface area contributed by atoms with Gasteiger partial charge in [0.25, 0.3) is 5.71 Å². The molecule has 0 amide bonds. The van der Waals surface area contributed by atoms with E-state index in [1.54, 1.807) is 0 Å². The first-order valence-electron chi connectivity index (χ1n) is 8.63. The largest absolute Gasteiger partial charge is 0.355 e. The molecular weight excluding hydrogens is 356 g/mol. The van der Waals surface area contributed by atoms with E-state index >= 15 is 0 Å². The summed E-state index contributed by atoms with van der Waals surface area (Å²) in [5.41, 5.74) is 2.12. The lowest BCUT2D eigenvalue weighted by atomic mass is 10.0. The first-order chi connectivity index (χ1) is 12.7. The molecule has 0 bridgehead atoms. The molecule has 4 heterocycles. The summed E-state index contributed by atoms with van der Waals surface area (Å²) < 4.78 is 17.1. The lowest BCUT2D eigenvalue weighted by Gasteiger charge is -2.38. The van der Waals surface area contributed by atoms with Gasteiger partial charge in [-0.2, -0.15) is 4.98 Å². The van der Waals surface area contributed by atoms with Crippen LogP contribution in [-0.2, 0) is 9.47 Å².